The normalized spacial score (nSPS) is 12.3. The number of carbonyl (C=O) groups is 1. The second kappa shape index (κ2) is 5.32. The lowest BCUT2D eigenvalue weighted by atomic mass is 10.2. The Bertz CT molecular complexity index is 642. The smallest absolute Gasteiger partial charge is 0.343 e. The van der Waals surface area contributed by atoms with Crippen LogP contribution in [0.25, 0.3) is 0 Å². The van der Waals surface area contributed by atoms with Crippen molar-refractivity contribution in [1.82, 2.24) is 5.32 Å². The van der Waals surface area contributed by atoms with E-state index in [0.717, 1.165) is 0 Å². The van der Waals surface area contributed by atoms with E-state index in [1.165, 1.54) is 5.32 Å². The van der Waals surface area contributed by atoms with Crippen LogP contribution in [-0.4, -0.2) is 27.0 Å². The molecule has 0 atom stereocenters. The van der Waals surface area contributed by atoms with Gasteiger partial charge in [-0.2, -0.15) is 13.2 Å². The van der Waals surface area contributed by atoms with Gasteiger partial charge in [0.2, 0.25) is 10.0 Å². The topological polar surface area (TPSA) is 89.3 Å². The molecule has 3 N–H and O–H groups in total. The van der Waals surface area contributed by atoms with Crippen molar-refractivity contribution in [3.8, 4) is 0 Å². The fourth-order valence-corrected chi connectivity index (χ4v) is 1.72. The van der Waals surface area contributed by atoms with Gasteiger partial charge in [-0.3, -0.25) is 4.79 Å². The molecule has 0 aliphatic carbocycles. The molecule has 0 saturated carbocycles. The molecule has 0 fully saturated rings. The molecule has 20 heavy (non-hydrogen) atoms. The summed E-state index contributed by atoms with van der Waals surface area (Å²) in [5.41, 5.74) is -1.20. The molecule has 0 aromatic heterocycles. The summed E-state index contributed by atoms with van der Waals surface area (Å²) in [6, 6.07) is 0.560. The average Bonchev–Trinajstić information content (AvgIpc) is 2.27. The summed E-state index contributed by atoms with van der Waals surface area (Å²) < 4.78 is 84.0. The molecule has 0 aliphatic heterocycles. The van der Waals surface area contributed by atoms with E-state index in [9.17, 15) is 35.2 Å². The highest BCUT2D eigenvalue weighted by molar-refractivity contribution is 7.89. The monoisotopic (exact) mass is 318 g/mol. The van der Waals surface area contributed by atoms with Crippen LogP contribution < -0.4 is 10.5 Å². The van der Waals surface area contributed by atoms with Gasteiger partial charge in [0.15, 0.2) is 11.6 Å². The van der Waals surface area contributed by atoms with E-state index < -0.39 is 50.7 Å². The molecule has 0 bridgehead atoms. The van der Waals surface area contributed by atoms with Gasteiger partial charge in [-0.1, -0.05) is 0 Å². The molecule has 1 aromatic carbocycles. The Morgan fingerprint density at radius 2 is 1.80 bits per heavy atom. The van der Waals surface area contributed by atoms with E-state index in [2.05, 4.69) is 5.14 Å². The number of nitrogens with one attached hydrogen (secondary N) is 1. The molecule has 1 amide bonds. The van der Waals surface area contributed by atoms with Crippen LogP contribution in [-0.2, 0) is 10.0 Å². The van der Waals surface area contributed by atoms with Gasteiger partial charge in [0, 0.05) is 0 Å². The molecule has 0 saturated heterocycles. The number of benzene rings is 1. The maximum Gasteiger partial charge on any atom is 0.405 e. The van der Waals surface area contributed by atoms with E-state index in [0.29, 0.717) is 6.07 Å². The second-order valence-electron chi connectivity index (χ2n) is 3.61. The molecule has 1 aromatic rings. The second-order valence-corrected chi connectivity index (χ2v) is 5.17. The summed E-state index contributed by atoms with van der Waals surface area (Å²) in [5, 5.41) is 5.94. The van der Waals surface area contributed by atoms with Gasteiger partial charge >= 0.3 is 6.18 Å². The van der Waals surface area contributed by atoms with Crippen molar-refractivity contribution in [2.24, 2.45) is 5.14 Å². The maximum absolute atomic E-state index is 13.3. The van der Waals surface area contributed by atoms with Crippen LogP contribution in [0.2, 0.25) is 0 Å². The zero-order valence-electron chi connectivity index (χ0n) is 9.46. The highest BCUT2D eigenvalue weighted by atomic mass is 32.2. The number of sulfonamides is 1. The number of hydrogen-bond acceptors (Lipinski definition) is 3. The van der Waals surface area contributed by atoms with Gasteiger partial charge in [0.05, 0.1) is 10.5 Å². The molecule has 0 aliphatic rings. The number of nitrogens with two attached hydrogens (primary N) is 1. The summed E-state index contributed by atoms with van der Waals surface area (Å²) in [4.78, 5) is 10.4. The Labute approximate surface area is 109 Å². The SMILES string of the molecule is NS(=O)(=O)c1cc(F)c(F)c(C(=O)NCC(F)(F)F)c1. The highest BCUT2D eigenvalue weighted by Crippen LogP contribution is 2.19. The minimum atomic E-state index is -4.76. The van der Waals surface area contributed by atoms with Gasteiger partial charge in [-0.25, -0.2) is 22.3 Å². The summed E-state index contributed by atoms with van der Waals surface area (Å²) in [7, 11) is -4.45. The molecule has 1 rings (SSSR count). The van der Waals surface area contributed by atoms with Gasteiger partial charge in [0.1, 0.15) is 6.54 Å². The fourth-order valence-electron chi connectivity index (χ4n) is 1.17. The van der Waals surface area contributed by atoms with Gasteiger partial charge < -0.3 is 5.32 Å². The lowest BCUT2D eigenvalue weighted by Gasteiger charge is -2.10. The highest BCUT2D eigenvalue weighted by Gasteiger charge is 2.29. The van der Waals surface area contributed by atoms with Crippen molar-refractivity contribution in [2.45, 2.75) is 11.1 Å². The van der Waals surface area contributed by atoms with Gasteiger partial charge in [0.25, 0.3) is 5.91 Å². The molecule has 0 spiro atoms. The lowest BCUT2D eigenvalue weighted by molar-refractivity contribution is -0.123. The zero-order chi connectivity index (χ0) is 15.7. The van der Waals surface area contributed by atoms with E-state index >= 15 is 0 Å². The van der Waals surface area contributed by atoms with Crippen molar-refractivity contribution < 1.29 is 35.2 Å². The van der Waals surface area contributed by atoms with E-state index in [4.69, 9.17) is 0 Å². The third-order valence-corrected chi connectivity index (χ3v) is 2.92. The van der Waals surface area contributed by atoms with Crippen molar-refractivity contribution in [1.29, 1.82) is 0 Å². The molecular weight excluding hydrogens is 311 g/mol. The predicted octanol–water partition coefficient (Wildman–Crippen LogP) is 0.904. The Balaban J connectivity index is 3.18. The quantitative estimate of drug-likeness (QED) is 0.812. The molecule has 0 heterocycles. The molecule has 11 heteroatoms. The number of amides is 1. The zero-order valence-corrected chi connectivity index (χ0v) is 10.3. The number of alkyl halides is 3. The van der Waals surface area contributed by atoms with Crippen LogP contribution in [0.1, 0.15) is 10.4 Å². The lowest BCUT2D eigenvalue weighted by Crippen LogP contribution is -2.34. The van der Waals surface area contributed by atoms with E-state index in [1.54, 1.807) is 0 Å². The van der Waals surface area contributed by atoms with Crippen molar-refractivity contribution in [3.05, 3.63) is 29.3 Å². The van der Waals surface area contributed by atoms with E-state index in [1.807, 2.05) is 0 Å². The van der Waals surface area contributed by atoms with Crippen molar-refractivity contribution in [2.75, 3.05) is 6.54 Å². The van der Waals surface area contributed by atoms with Gasteiger partial charge in [-0.05, 0) is 12.1 Å². The predicted molar refractivity (Wildman–Crippen MR) is 56.1 cm³/mol. The number of hydrogen-bond donors (Lipinski definition) is 2. The first-order chi connectivity index (χ1) is 8.92. The molecule has 0 unspecified atom stereocenters. The Morgan fingerprint density at radius 3 is 2.25 bits per heavy atom. The number of primary sulfonamides is 1. The van der Waals surface area contributed by atoms with Crippen LogP contribution in [0.15, 0.2) is 17.0 Å². The summed E-state index contributed by atoms with van der Waals surface area (Å²) >= 11 is 0. The molecular formula is C9H7F5N2O3S. The number of rotatable bonds is 3. The van der Waals surface area contributed by atoms with Crippen LogP contribution in [0, 0.1) is 11.6 Å². The average molecular weight is 318 g/mol. The van der Waals surface area contributed by atoms with Crippen molar-refractivity contribution >= 4 is 15.9 Å². The largest absolute Gasteiger partial charge is 0.405 e. The van der Waals surface area contributed by atoms with E-state index in [-0.39, 0.29) is 6.07 Å². The third kappa shape index (κ3) is 4.13. The molecule has 112 valence electrons. The number of halogens is 5. The first-order valence-corrected chi connectivity index (χ1v) is 6.33. The maximum atomic E-state index is 13.3. The van der Waals surface area contributed by atoms with Crippen LogP contribution in [0.5, 0.6) is 0 Å². The third-order valence-electron chi connectivity index (χ3n) is 2.02. The fraction of sp³-hybridized carbons (Fsp3) is 0.222. The van der Waals surface area contributed by atoms with Crippen LogP contribution in [0.3, 0.4) is 0 Å². The van der Waals surface area contributed by atoms with Crippen LogP contribution in [0.4, 0.5) is 22.0 Å². The number of carbonyl (C=O) groups excluding carboxylic acids is 1. The Morgan fingerprint density at radius 1 is 1.25 bits per heavy atom. The van der Waals surface area contributed by atoms with Crippen molar-refractivity contribution in [3.63, 3.8) is 0 Å². The summed E-state index contributed by atoms with van der Waals surface area (Å²) in [6.45, 7) is -1.79. The Hall–Kier alpha value is -1.75. The standard InChI is InChI=1S/C9H7F5N2O3S/c10-6-2-4(20(15,18)19)1-5(7(6)11)8(17)16-3-9(12,13)14/h1-2H,3H2,(H,16,17)(H2,15,18,19). The summed E-state index contributed by atoms with van der Waals surface area (Å²) in [5.74, 6) is -5.13. The van der Waals surface area contributed by atoms with Crippen LogP contribution >= 0.6 is 0 Å². The summed E-state index contributed by atoms with van der Waals surface area (Å²) in [6.07, 6.45) is -4.76. The first-order valence-electron chi connectivity index (χ1n) is 4.78. The first kappa shape index (κ1) is 16.3. The Kier molecular flexibility index (Phi) is 4.34. The van der Waals surface area contributed by atoms with Gasteiger partial charge in [-0.15, -0.1) is 0 Å². The minimum absolute atomic E-state index is 0.213. The molecule has 0 radical (unpaired) electrons. The minimum Gasteiger partial charge on any atom is -0.343 e. The molecule has 5 nitrogen and oxygen atoms in total.